The van der Waals surface area contributed by atoms with Crippen LogP contribution in [0.4, 0.5) is 4.39 Å². The fraction of sp³-hybridized carbons (Fsp3) is 0.562. The minimum absolute atomic E-state index is 0.203. The average molecular weight is 279 g/mol. The molecule has 0 aromatic heterocycles. The van der Waals surface area contributed by atoms with Crippen LogP contribution in [-0.2, 0) is 0 Å². The highest BCUT2D eigenvalue weighted by molar-refractivity contribution is 5.30. The van der Waals surface area contributed by atoms with Crippen molar-refractivity contribution in [1.29, 1.82) is 5.26 Å². The van der Waals surface area contributed by atoms with Gasteiger partial charge in [-0.25, -0.2) is 4.39 Å². The summed E-state index contributed by atoms with van der Waals surface area (Å²) < 4.78 is 19.1. The standard InChI is InChI=1S/C16H22FNO2/c1-12(19)13-6-7-15(14(17)10-13)20-9-5-4-8-16(2,3)11-18/h6-7,10,12,19H,4-5,8-9H2,1-3H3. The van der Waals surface area contributed by atoms with Crippen LogP contribution < -0.4 is 4.74 Å². The van der Waals surface area contributed by atoms with E-state index in [0.29, 0.717) is 12.2 Å². The number of benzene rings is 1. The lowest BCUT2D eigenvalue weighted by Gasteiger charge is -2.14. The van der Waals surface area contributed by atoms with E-state index in [0.717, 1.165) is 19.3 Å². The molecule has 110 valence electrons. The Hall–Kier alpha value is -1.60. The van der Waals surface area contributed by atoms with E-state index in [1.54, 1.807) is 13.0 Å². The van der Waals surface area contributed by atoms with Crippen molar-refractivity contribution in [3.05, 3.63) is 29.6 Å². The fourth-order valence-electron chi connectivity index (χ4n) is 1.80. The molecule has 0 amide bonds. The molecule has 0 spiro atoms. The molecule has 0 aliphatic heterocycles. The topological polar surface area (TPSA) is 53.2 Å². The lowest BCUT2D eigenvalue weighted by atomic mass is 9.89. The fourth-order valence-corrected chi connectivity index (χ4v) is 1.80. The molecule has 4 heteroatoms. The van der Waals surface area contributed by atoms with Gasteiger partial charge in [-0.1, -0.05) is 6.07 Å². The van der Waals surface area contributed by atoms with Gasteiger partial charge < -0.3 is 9.84 Å². The molecule has 0 bridgehead atoms. The number of hydrogen-bond acceptors (Lipinski definition) is 3. The van der Waals surface area contributed by atoms with E-state index in [1.165, 1.54) is 12.1 Å². The summed E-state index contributed by atoms with van der Waals surface area (Å²) in [6.07, 6.45) is 1.76. The number of ether oxygens (including phenoxy) is 1. The monoisotopic (exact) mass is 279 g/mol. The minimum atomic E-state index is -0.688. The quantitative estimate of drug-likeness (QED) is 0.768. The summed E-state index contributed by atoms with van der Waals surface area (Å²) in [5.41, 5.74) is 0.218. The Balaban J connectivity index is 2.38. The van der Waals surface area contributed by atoms with E-state index in [1.807, 2.05) is 13.8 Å². The summed E-state index contributed by atoms with van der Waals surface area (Å²) >= 11 is 0. The van der Waals surface area contributed by atoms with Crippen molar-refractivity contribution in [2.24, 2.45) is 5.41 Å². The van der Waals surface area contributed by atoms with E-state index >= 15 is 0 Å². The minimum Gasteiger partial charge on any atom is -0.491 e. The van der Waals surface area contributed by atoms with Crippen LogP contribution >= 0.6 is 0 Å². The second-order valence-electron chi connectivity index (χ2n) is 5.67. The normalized spacial score (nSPS) is 12.8. The first kappa shape index (κ1) is 16.5. The van der Waals surface area contributed by atoms with Gasteiger partial charge in [0, 0.05) is 0 Å². The number of aliphatic hydroxyl groups is 1. The zero-order chi connectivity index (χ0) is 15.2. The lowest BCUT2D eigenvalue weighted by Crippen LogP contribution is -2.08. The zero-order valence-electron chi connectivity index (χ0n) is 12.3. The smallest absolute Gasteiger partial charge is 0.165 e. The number of halogens is 1. The van der Waals surface area contributed by atoms with E-state index in [2.05, 4.69) is 6.07 Å². The van der Waals surface area contributed by atoms with Crippen molar-refractivity contribution in [2.75, 3.05) is 6.61 Å². The van der Waals surface area contributed by atoms with Gasteiger partial charge in [0.15, 0.2) is 11.6 Å². The van der Waals surface area contributed by atoms with Crippen molar-refractivity contribution < 1.29 is 14.2 Å². The molecule has 0 heterocycles. The third kappa shape index (κ3) is 5.18. The van der Waals surface area contributed by atoms with Crippen LogP contribution in [0.3, 0.4) is 0 Å². The van der Waals surface area contributed by atoms with Gasteiger partial charge in [-0.05, 0) is 57.7 Å². The highest BCUT2D eigenvalue weighted by atomic mass is 19.1. The average Bonchev–Trinajstić information content (AvgIpc) is 2.39. The maximum absolute atomic E-state index is 13.7. The third-order valence-corrected chi connectivity index (χ3v) is 3.19. The highest BCUT2D eigenvalue weighted by Gasteiger charge is 2.15. The van der Waals surface area contributed by atoms with Crippen molar-refractivity contribution in [2.45, 2.75) is 46.1 Å². The molecule has 1 unspecified atom stereocenters. The van der Waals surface area contributed by atoms with Crippen molar-refractivity contribution >= 4 is 0 Å². The van der Waals surface area contributed by atoms with Gasteiger partial charge in [0.05, 0.1) is 24.2 Å². The van der Waals surface area contributed by atoms with Crippen LogP contribution in [0.2, 0.25) is 0 Å². The number of aliphatic hydroxyl groups excluding tert-OH is 1. The van der Waals surface area contributed by atoms with Gasteiger partial charge in [0.25, 0.3) is 0 Å². The number of nitrogens with zero attached hydrogens (tertiary/aromatic N) is 1. The van der Waals surface area contributed by atoms with Gasteiger partial charge in [-0.3, -0.25) is 0 Å². The molecule has 20 heavy (non-hydrogen) atoms. The first-order valence-corrected chi connectivity index (χ1v) is 6.87. The van der Waals surface area contributed by atoms with Crippen LogP contribution in [0.5, 0.6) is 5.75 Å². The van der Waals surface area contributed by atoms with E-state index in [4.69, 9.17) is 10.00 Å². The molecule has 1 aromatic rings. The molecule has 1 atom stereocenters. The number of rotatable bonds is 7. The summed E-state index contributed by atoms with van der Waals surface area (Å²) in [6.45, 7) is 5.82. The van der Waals surface area contributed by atoms with E-state index < -0.39 is 11.9 Å². The van der Waals surface area contributed by atoms with Gasteiger partial charge >= 0.3 is 0 Å². The maximum Gasteiger partial charge on any atom is 0.165 e. The van der Waals surface area contributed by atoms with Crippen LogP contribution in [0.25, 0.3) is 0 Å². The molecule has 1 aromatic carbocycles. The van der Waals surface area contributed by atoms with E-state index in [9.17, 15) is 9.50 Å². The zero-order valence-corrected chi connectivity index (χ0v) is 12.3. The van der Waals surface area contributed by atoms with Crippen molar-refractivity contribution in [3.63, 3.8) is 0 Å². The van der Waals surface area contributed by atoms with Crippen molar-refractivity contribution in [3.8, 4) is 11.8 Å². The Morgan fingerprint density at radius 3 is 2.65 bits per heavy atom. The van der Waals surface area contributed by atoms with Crippen LogP contribution in [0.1, 0.15) is 51.7 Å². The summed E-state index contributed by atoms with van der Waals surface area (Å²) in [7, 11) is 0. The van der Waals surface area contributed by atoms with Gasteiger partial charge in [0.1, 0.15) is 0 Å². The van der Waals surface area contributed by atoms with Gasteiger partial charge in [-0.2, -0.15) is 5.26 Å². The number of nitriles is 1. The molecule has 0 aliphatic rings. The molecule has 0 fully saturated rings. The molecule has 0 aliphatic carbocycles. The SMILES string of the molecule is CC(O)c1ccc(OCCCCC(C)(C)C#N)c(F)c1. The predicted octanol–water partition coefficient (Wildman–Crippen LogP) is 3.98. The Bertz CT molecular complexity index is 478. The Morgan fingerprint density at radius 1 is 1.40 bits per heavy atom. The summed E-state index contributed by atoms with van der Waals surface area (Å²) in [6, 6.07) is 6.73. The molecule has 0 saturated heterocycles. The Labute approximate surface area is 120 Å². The van der Waals surface area contributed by atoms with Crippen molar-refractivity contribution in [1.82, 2.24) is 0 Å². The predicted molar refractivity (Wildman–Crippen MR) is 75.8 cm³/mol. The lowest BCUT2D eigenvalue weighted by molar-refractivity contribution is 0.198. The largest absolute Gasteiger partial charge is 0.491 e. The third-order valence-electron chi connectivity index (χ3n) is 3.19. The number of hydrogen-bond donors (Lipinski definition) is 1. The molecular weight excluding hydrogens is 257 g/mol. The van der Waals surface area contributed by atoms with Gasteiger partial charge in [-0.15, -0.1) is 0 Å². The maximum atomic E-state index is 13.7. The molecule has 3 nitrogen and oxygen atoms in total. The Kier molecular flexibility index (Phi) is 5.97. The first-order valence-electron chi connectivity index (χ1n) is 6.87. The van der Waals surface area contributed by atoms with Gasteiger partial charge in [0.2, 0.25) is 0 Å². The summed E-state index contributed by atoms with van der Waals surface area (Å²) in [5, 5.41) is 18.2. The van der Waals surface area contributed by atoms with Crippen LogP contribution in [-0.4, -0.2) is 11.7 Å². The first-order chi connectivity index (χ1) is 9.35. The number of unbranched alkanes of at least 4 members (excludes halogenated alkanes) is 1. The molecule has 0 radical (unpaired) electrons. The van der Waals surface area contributed by atoms with Crippen LogP contribution in [0.15, 0.2) is 18.2 Å². The molecule has 0 saturated carbocycles. The van der Waals surface area contributed by atoms with E-state index in [-0.39, 0.29) is 11.2 Å². The molecular formula is C16H22FNO2. The summed E-state index contributed by atoms with van der Waals surface area (Å²) in [5.74, 6) is -0.255. The summed E-state index contributed by atoms with van der Waals surface area (Å²) in [4.78, 5) is 0. The highest BCUT2D eigenvalue weighted by Crippen LogP contribution is 2.24. The van der Waals surface area contributed by atoms with Crippen LogP contribution in [0, 0.1) is 22.6 Å². The second-order valence-corrected chi connectivity index (χ2v) is 5.67. The molecule has 1 N–H and O–H groups in total. The molecule has 1 rings (SSSR count). The Morgan fingerprint density at radius 2 is 2.10 bits per heavy atom. The second kappa shape index (κ2) is 7.25.